The van der Waals surface area contributed by atoms with Gasteiger partial charge in [0.1, 0.15) is 6.10 Å². The number of amides is 1. The standard InChI is InChI=1S/C11H22N2O2/c1-11(2,3)13-10(14)15-9-6-4-5-8(9)7-12/h8-9H,4-7,12H2,1-3H3,(H,13,14). The van der Waals surface area contributed by atoms with E-state index in [9.17, 15) is 4.79 Å². The molecule has 0 heterocycles. The summed E-state index contributed by atoms with van der Waals surface area (Å²) in [6, 6.07) is 0. The van der Waals surface area contributed by atoms with E-state index in [1.165, 1.54) is 0 Å². The van der Waals surface area contributed by atoms with Crippen LogP contribution in [0, 0.1) is 5.92 Å². The summed E-state index contributed by atoms with van der Waals surface area (Å²) in [7, 11) is 0. The first-order valence-electron chi connectivity index (χ1n) is 5.61. The van der Waals surface area contributed by atoms with E-state index >= 15 is 0 Å². The third-order valence-electron chi connectivity index (χ3n) is 2.63. The first-order valence-corrected chi connectivity index (χ1v) is 5.61. The second kappa shape index (κ2) is 4.84. The molecule has 4 heteroatoms. The molecule has 0 radical (unpaired) electrons. The molecule has 1 rings (SSSR count). The molecular formula is C11H22N2O2. The normalized spacial score (nSPS) is 26.4. The van der Waals surface area contributed by atoms with Crippen LogP contribution >= 0.6 is 0 Å². The van der Waals surface area contributed by atoms with Crippen LogP contribution < -0.4 is 11.1 Å². The van der Waals surface area contributed by atoms with Crippen LogP contribution in [0.3, 0.4) is 0 Å². The molecule has 4 nitrogen and oxygen atoms in total. The Labute approximate surface area is 91.5 Å². The van der Waals surface area contributed by atoms with Crippen molar-refractivity contribution in [3.05, 3.63) is 0 Å². The van der Waals surface area contributed by atoms with Crippen molar-refractivity contribution in [2.75, 3.05) is 6.54 Å². The van der Waals surface area contributed by atoms with Gasteiger partial charge in [0.2, 0.25) is 0 Å². The molecule has 0 bridgehead atoms. The number of ether oxygens (including phenoxy) is 1. The second-order valence-electron chi connectivity index (χ2n) is 5.25. The number of rotatable bonds is 2. The summed E-state index contributed by atoms with van der Waals surface area (Å²) in [5, 5.41) is 2.79. The first-order chi connectivity index (χ1) is 6.92. The minimum atomic E-state index is -0.326. The summed E-state index contributed by atoms with van der Waals surface area (Å²) in [6.07, 6.45) is 2.81. The monoisotopic (exact) mass is 214 g/mol. The van der Waals surface area contributed by atoms with Crippen LogP contribution in [0.4, 0.5) is 4.79 Å². The summed E-state index contributed by atoms with van der Waals surface area (Å²) < 4.78 is 5.36. The van der Waals surface area contributed by atoms with Gasteiger partial charge in [-0.1, -0.05) is 0 Å². The SMILES string of the molecule is CC(C)(C)NC(=O)OC1CCCC1CN. The van der Waals surface area contributed by atoms with Gasteiger partial charge in [0.25, 0.3) is 0 Å². The molecule has 2 atom stereocenters. The number of nitrogens with two attached hydrogens (primary N) is 1. The summed E-state index contributed by atoms with van der Waals surface area (Å²) in [5.41, 5.74) is 5.37. The van der Waals surface area contributed by atoms with E-state index in [4.69, 9.17) is 10.5 Å². The molecule has 1 saturated carbocycles. The van der Waals surface area contributed by atoms with Crippen LogP contribution in [0.25, 0.3) is 0 Å². The molecule has 0 saturated heterocycles. The number of hydrogen-bond donors (Lipinski definition) is 2. The first kappa shape index (κ1) is 12.3. The van der Waals surface area contributed by atoms with Crippen molar-refractivity contribution in [2.45, 2.75) is 51.7 Å². The van der Waals surface area contributed by atoms with E-state index in [-0.39, 0.29) is 17.7 Å². The summed E-state index contributed by atoms with van der Waals surface area (Å²) in [4.78, 5) is 11.5. The Morgan fingerprint density at radius 2 is 2.13 bits per heavy atom. The third-order valence-corrected chi connectivity index (χ3v) is 2.63. The highest BCUT2D eigenvalue weighted by molar-refractivity contribution is 5.68. The fourth-order valence-electron chi connectivity index (χ4n) is 1.90. The zero-order valence-electron chi connectivity index (χ0n) is 9.88. The van der Waals surface area contributed by atoms with Crippen molar-refractivity contribution in [3.63, 3.8) is 0 Å². The lowest BCUT2D eigenvalue weighted by atomic mass is 10.1. The highest BCUT2D eigenvalue weighted by atomic mass is 16.6. The predicted molar refractivity (Wildman–Crippen MR) is 59.6 cm³/mol. The molecular weight excluding hydrogens is 192 g/mol. The average molecular weight is 214 g/mol. The van der Waals surface area contributed by atoms with Crippen molar-refractivity contribution in [1.29, 1.82) is 0 Å². The zero-order valence-corrected chi connectivity index (χ0v) is 9.88. The van der Waals surface area contributed by atoms with Gasteiger partial charge in [-0.25, -0.2) is 4.79 Å². The molecule has 0 aliphatic heterocycles. The van der Waals surface area contributed by atoms with E-state index in [1.54, 1.807) is 0 Å². The Kier molecular flexibility index (Phi) is 3.97. The number of carbonyl (C=O) groups is 1. The second-order valence-corrected chi connectivity index (χ2v) is 5.25. The number of nitrogens with one attached hydrogen (secondary N) is 1. The topological polar surface area (TPSA) is 64.3 Å². The highest BCUT2D eigenvalue weighted by Gasteiger charge is 2.30. The van der Waals surface area contributed by atoms with Gasteiger partial charge in [-0.15, -0.1) is 0 Å². The molecule has 0 aromatic heterocycles. The van der Waals surface area contributed by atoms with Crippen molar-refractivity contribution in [2.24, 2.45) is 11.7 Å². The van der Waals surface area contributed by atoms with Gasteiger partial charge in [0.05, 0.1) is 0 Å². The summed E-state index contributed by atoms with van der Waals surface area (Å²) in [6.45, 7) is 6.41. The van der Waals surface area contributed by atoms with E-state index < -0.39 is 0 Å². The zero-order chi connectivity index (χ0) is 11.5. The molecule has 1 amide bonds. The Bertz CT molecular complexity index is 223. The van der Waals surface area contributed by atoms with E-state index in [0.717, 1.165) is 19.3 Å². The molecule has 1 aliphatic rings. The quantitative estimate of drug-likeness (QED) is 0.734. The van der Waals surface area contributed by atoms with E-state index in [0.29, 0.717) is 12.5 Å². The average Bonchev–Trinajstić information content (AvgIpc) is 2.48. The van der Waals surface area contributed by atoms with Crippen molar-refractivity contribution in [1.82, 2.24) is 5.32 Å². The molecule has 2 unspecified atom stereocenters. The van der Waals surface area contributed by atoms with Crippen molar-refractivity contribution >= 4 is 6.09 Å². The van der Waals surface area contributed by atoms with Crippen LogP contribution in [-0.4, -0.2) is 24.3 Å². The van der Waals surface area contributed by atoms with E-state index in [1.807, 2.05) is 20.8 Å². The Balaban J connectivity index is 2.37. The summed E-state index contributed by atoms with van der Waals surface area (Å²) >= 11 is 0. The molecule has 0 aromatic rings. The minimum absolute atomic E-state index is 0.0114. The highest BCUT2D eigenvalue weighted by Crippen LogP contribution is 2.27. The maximum Gasteiger partial charge on any atom is 0.407 e. The molecule has 1 aliphatic carbocycles. The molecule has 3 N–H and O–H groups in total. The van der Waals surface area contributed by atoms with Gasteiger partial charge in [-0.3, -0.25) is 0 Å². The lowest BCUT2D eigenvalue weighted by Gasteiger charge is -2.24. The van der Waals surface area contributed by atoms with Gasteiger partial charge in [0, 0.05) is 11.5 Å². The lowest BCUT2D eigenvalue weighted by molar-refractivity contribution is 0.0724. The van der Waals surface area contributed by atoms with Crippen LogP contribution in [0.1, 0.15) is 40.0 Å². The van der Waals surface area contributed by atoms with Crippen LogP contribution in [0.15, 0.2) is 0 Å². The Morgan fingerprint density at radius 1 is 1.47 bits per heavy atom. The van der Waals surface area contributed by atoms with Crippen molar-refractivity contribution in [3.8, 4) is 0 Å². The summed E-state index contributed by atoms with van der Waals surface area (Å²) in [5.74, 6) is 0.343. The molecule has 1 fully saturated rings. The minimum Gasteiger partial charge on any atom is -0.446 e. The van der Waals surface area contributed by atoms with Gasteiger partial charge in [0.15, 0.2) is 0 Å². The number of hydrogen-bond acceptors (Lipinski definition) is 3. The number of alkyl carbamates (subject to hydrolysis) is 1. The maximum atomic E-state index is 11.5. The van der Waals surface area contributed by atoms with Gasteiger partial charge in [-0.2, -0.15) is 0 Å². The number of carbonyl (C=O) groups excluding carboxylic acids is 1. The van der Waals surface area contributed by atoms with Gasteiger partial charge in [-0.05, 0) is 46.6 Å². The Hall–Kier alpha value is -0.770. The van der Waals surface area contributed by atoms with Crippen LogP contribution in [-0.2, 0) is 4.74 Å². The van der Waals surface area contributed by atoms with Crippen molar-refractivity contribution < 1.29 is 9.53 Å². The lowest BCUT2D eigenvalue weighted by Crippen LogP contribution is -2.43. The van der Waals surface area contributed by atoms with Crippen LogP contribution in [0.2, 0.25) is 0 Å². The Morgan fingerprint density at radius 3 is 2.67 bits per heavy atom. The van der Waals surface area contributed by atoms with Gasteiger partial charge < -0.3 is 15.8 Å². The fraction of sp³-hybridized carbons (Fsp3) is 0.909. The smallest absolute Gasteiger partial charge is 0.407 e. The molecule has 15 heavy (non-hydrogen) atoms. The fourth-order valence-corrected chi connectivity index (χ4v) is 1.90. The molecule has 0 aromatic carbocycles. The molecule has 88 valence electrons. The largest absolute Gasteiger partial charge is 0.446 e. The molecule has 0 spiro atoms. The predicted octanol–water partition coefficient (Wildman–Crippen LogP) is 1.64. The maximum absolute atomic E-state index is 11.5. The van der Waals surface area contributed by atoms with Crippen LogP contribution in [0.5, 0.6) is 0 Å². The third kappa shape index (κ3) is 4.08. The van der Waals surface area contributed by atoms with Gasteiger partial charge >= 0.3 is 6.09 Å². The van der Waals surface area contributed by atoms with E-state index in [2.05, 4.69) is 5.32 Å².